The number of aromatic nitrogens is 2. The molecule has 3 heterocycles. The zero-order chi connectivity index (χ0) is 24.4. The molecule has 1 N–H and O–H groups in total. The molecule has 1 atom stereocenters. The Morgan fingerprint density at radius 3 is 2.77 bits per heavy atom. The minimum atomic E-state index is -1.21. The van der Waals surface area contributed by atoms with Crippen LogP contribution in [-0.2, 0) is 9.47 Å². The highest BCUT2D eigenvalue weighted by Crippen LogP contribution is 2.34. The van der Waals surface area contributed by atoms with Crippen molar-refractivity contribution in [1.82, 2.24) is 9.97 Å². The van der Waals surface area contributed by atoms with Crippen molar-refractivity contribution in [2.75, 3.05) is 38.3 Å². The second kappa shape index (κ2) is 9.73. The summed E-state index contributed by atoms with van der Waals surface area (Å²) in [7, 11) is 1.61. The van der Waals surface area contributed by atoms with Gasteiger partial charge in [0.2, 0.25) is 0 Å². The van der Waals surface area contributed by atoms with Gasteiger partial charge in [0.15, 0.2) is 5.76 Å². The minimum absolute atomic E-state index is 0.191. The van der Waals surface area contributed by atoms with E-state index in [2.05, 4.69) is 31.6 Å². The number of allylic oxidation sites excluding steroid dienone is 1. The predicted molar refractivity (Wildman–Crippen MR) is 133 cm³/mol. The number of aliphatic hydroxyl groups excluding tert-OH is 1. The van der Waals surface area contributed by atoms with Gasteiger partial charge in [0.25, 0.3) is 0 Å². The van der Waals surface area contributed by atoms with Crippen LogP contribution in [0.5, 0.6) is 0 Å². The predicted octanol–water partition coefficient (Wildman–Crippen LogP) is 3.83. The molecule has 0 aliphatic carbocycles. The van der Waals surface area contributed by atoms with Gasteiger partial charge in [-0.25, -0.2) is 14.4 Å². The normalized spacial score (nSPS) is 19.2. The molecule has 9 heteroatoms. The highest BCUT2D eigenvalue weighted by molar-refractivity contribution is 6.09. The molecule has 8 nitrogen and oxygen atoms in total. The molecule has 2 aliphatic rings. The summed E-state index contributed by atoms with van der Waals surface area (Å²) in [6.07, 6.45) is 3.34. The molecule has 5 rings (SSSR count). The van der Waals surface area contributed by atoms with Crippen molar-refractivity contribution in [1.29, 1.82) is 0 Å². The molecule has 178 valence electrons. The Kier molecular flexibility index (Phi) is 6.35. The molecule has 3 aromatic rings. The van der Waals surface area contributed by atoms with Crippen LogP contribution in [0.3, 0.4) is 0 Å². The number of hydrogen-bond acceptors (Lipinski definition) is 8. The lowest BCUT2D eigenvalue weighted by Gasteiger charge is -2.29. The van der Waals surface area contributed by atoms with Gasteiger partial charge >= 0.3 is 0 Å². The molecule has 0 spiro atoms. The van der Waals surface area contributed by atoms with E-state index in [0.717, 1.165) is 18.8 Å². The fraction of sp³-hybridized carbons (Fsp3) is 0.231. The van der Waals surface area contributed by atoms with Gasteiger partial charge in [-0.15, -0.1) is 0 Å². The molecule has 2 aliphatic heterocycles. The van der Waals surface area contributed by atoms with Gasteiger partial charge in [0.1, 0.15) is 29.7 Å². The Balaban J connectivity index is 1.55. The zero-order valence-electron chi connectivity index (χ0n) is 19.2. The van der Waals surface area contributed by atoms with Crippen LogP contribution in [-0.4, -0.2) is 60.9 Å². The average Bonchev–Trinajstić information content (AvgIpc) is 3.38. The summed E-state index contributed by atoms with van der Waals surface area (Å²) in [6, 6.07) is 10.2. The first kappa shape index (κ1) is 22.8. The van der Waals surface area contributed by atoms with Crippen molar-refractivity contribution in [3.63, 3.8) is 0 Å². The number of halogens is 1. The van der Waals surface area contributed by atoms with Crippen molar-refractivity contribution in [2.24, 2.45) is 9.98 Å². The fourth-order valence-electron chi connectivity index (χ4n) is 4.28. The Hall–Kier alpha value is -3.95. The molecule has 0 amide bonds. The van der Waals surface area contributed by atoms with Gasteiger partial charge in [-0.1, -0.05) is 6.07 Å². The van der Waals surface area contributed by atoms with Crippen molar-refractivity contribution in [3.8, 4) is 11.3 Å². The van der Waals surface area contributed by atoms with E-state index in [-0.39, 0.29) is 11.3 Å². The molecule has 0 saturated carbocycles. The van der Waals surface area contributed by atoms with Gasteiger partial charge < -0.3 is 19.5 Å². The number of aliphatic imine (C=N–C) groups is 2. The second-order valence-electron chi connectivity index (χ2n) is 8.07. The summed E-state index contributed by atoms with van der Waals surface area (Å²) < 4.78 is 26.0. The maximum Gasteiger partial charge on any atom is 0.176 e. The van der Waals surface area contributed by atoms with E-state index < -0.39 is 11.9 Å². The molecule has 1 fully saturated rings. The number of aliphatic hydroxyl groups is 1. The summed E-state index contributed by atoms with van der Waals surface area (Å²) in [4.78, 5) is 19.1. The van der Waals surface area contributed by atoms with Gasteiger partial charge in [-0.2, -0.15) is 0 Å². The Bertz CT molecular complexity index is 1380. The second-order valence-corrected chi connectivity index (χ2v) is 8.07. The monoisotopic (exact) mass is 473 g/mol. The summed E-state index contributed by atoms with van der Waals surface area (Å²) in [5.74, 6) is -0.155. The standard InChI is InChI=1S/C26H24FN5O3/c1-28-21-7-10-35-26(21)24(29-2)25(33)16-3-6-20(27)19(13-16)23-18-5-4-17(14-22(18)30-15-31-23)32-8-11-34-12-9-32/h3-7,10,13-15,25,33H,2,8-9,11-12H2,1H3/b26-24+,28-21-. The highest BCUT2D eigenvalue weighted by atomic mass is 19.1. The Morgan fingerprint density at radius 2 is 2.00 bits per heavy atom. The first-order chi connectivity index (χ1) is 17.1. The Morgan fingerprint density at radius 1 is 1.17 bits per heavy atom. The van der Waals surface area contributed by atoms with Crippen LogP contribution in [0.15, 0.2) is 76.5 Å². The smallest absolute Gasteiger partial charge is 0.176 e. The molecule has 0 radical (unpaired) electrons. The lowest BCUT2D eigenvalue weighted by Crippen LogP contribution is -2.36. The van der Waals surface area contributed by atoms with E-state index in [4.69, 9.17) is 9.47 Å². The minimum Gasteiger partial charge on any atom is -0.461 e. The number of hydrogen-bond donors (Lipinski definition) is 1. The molecule has 35 heavy (non-hydrogen) atoms. The number of fused-ring (bicyclic) bond motifs is 1. The van der Waals surface area contributed by atoms with E-state index in [1.54, 1.807) is 19.2 Å². The van der Waals surface area contributed by atoms with E-state index in [0.29, 0.717) is 46.8 Å². The topological polar surface area (TPSA) is 92.4 Å². The third-order valence-electron chi connectivity index (χ3n) is 6.10. The van der Waals surface area contributed by atoms with E-state index in [1.165, 1.54) is 24.7 Å². The summed E-state index contributed by atoms with van der Waals surface area (Å²) >= 11 is 0. The number of morpholine rings is 1. The quantitative estimate of drug-likeness (QED) is 0.566. The summed E-state index contributed by atoms with van der Waals surface area (Å²) in [5, 5.41) is 11.8. The molecule has 1 saturated heterocycles. The average molecular weight is 474 g/mol. The van der Waals surface area contributed by atoms with Crippen molar-refractivity contribution < 1.29 is 19.0 Å². The van der Waals surface area contributed by atoms with Crippen LogP contribution >= 0.6 is 0 Å². The van der Waals surface area contributed by atoms with Crippen LogP contribution in [0.25, 0.3) is 22.2 Å². The molecular weight excluding hydrogens is 449 g/mol. The SMILES string of the molecule is C=N/C(=C1/OC=C/C1=N/C)C(O)c1ccc(F)c(-c2ncnc3cc(N4CCOCC4)ccc23)c1. The number of benzene rings is 2. The lowest BCUT2D eigenvalue weighted by atomic mass is 9.98. The van der Waals surface area contributed by atoms with Crippen molar-refractivity contribution in [3.05, 3.63) is 77.9 Å². The van der Waals surface area contributed by atoms with Crippen LogP contribution in [0.4, 0.5) is 10.1 Å². The Labute approximate surface area is 201 Å². The molecular formula is C26H24FN5O3. The van der Waals surface area contributed by atoms with Gasteiger partial charge in [-0.3, -0.25) is 9.98 Å². The maximum absolute atomic E-state index is 15.1. The van der Waals surface area contributed by atoms with Crippen molar-refractivity contribution >= 4 is 29.0 Å². The van der Waals surface area contributed by atoms with E-state index in [1.807, 2.05) is 18.2 Å². The first-order valence-electron chi connectivity index (χ1n) is 11.2. The lowest BCUT2D eigenvalue weighted by molar-refractivity contribution is 0.122. The van der Waals surface area contributed by atoms with Crippen LogP contribution in [0.2, 0.25) is 0 Å². The van der Waals surface area contributed by atoms with E-state index >= 15 is 4.39 Å². The molecule has 0 bridgehead atoms. The molecule has 2 aromatic carbocycles. The van der Waals surface area contributed by atoms with Crippen molar-refractivity contribution in [2.45, 2.75) is 6.10 Å². The zero-order valence-corrected chi connectivity index (χ0v) is 19.2. The number of rotatable bonds is 5. The number of ether oxygens (including phenoxy) is 2. The van der Waals surface area contributed by atoms with Crippen LogP contribution < -0.4 is 4.90 Å². The van der Waals surface area contributed by atoms with Crippen LogP contribution in [0, 0.1) is 5.82 Å². The number of nitrogens with zero attached hydrogens (tertiary/aromatic N) is 5. The highest BCUT2D eigenvalue weighted by Gasteiger charge is 2.25. The third kappa shape index (κ3) is 4.31. The van der Waals surface area contributed by atoms with Gasteiger partial charge in [0, 0.05) is 42.9 Å². The van der Waals surface area contributed by atoms with Gasteiger partial charge in [0.05, 0.1) is 30.7 Å². The molecule has 1 aromatic heterocycles. The van der Waals surface area contributed by atoms with E-state index in [9.17, 15) is 5.11 Å². The summed E-state index contributed by atoms with van der Waals surface area (Å²) in [5.41, 5.74) is 3.55. The first-order valence-corrected chi connectivity index (χ1v) is 11.2. The third-order valence-corrected chi connectivity index (χ3v) is 6.10. The fourth-order valence-corrected chi connectivity index (χ4v) is 4.28. The summed E-state index contributed by atoms with van der Waals surface area (Å²) in [6.45, 7) is 6.53. The van der Waals surface area contributed by atoms with Crippen LogP contribution in [0.1, 0.15) is 11.7 Å². The number of anilines is 1. The molecule has 1 unspecified atom stereocenters. The maximum atomic E-state index is 15.1. The largest absolute Gasteiger partial charge is 0.461 e. The van der Waals surface area contributed by atoms with Gasteiger partial charge in [-0.05, 0) is 42.6 Å².